The fourth-order valence-electron chi connectivity index (χ4n) is 2.87. The summed E-state index contributed by atoms with van der Waals surface area (Å²) in [6.07, 6.45) is 6.23. The molecule has 2 fully saturated rings. The molecule has 5 nitrogen and oxygen atoms in total. The monoisotopic (exact) mass is 279 g/mol. The summed E-state index contributed by atoms with van der Waals surface area (Å²) in [7, 11) is 0. The maximum Gasteiger partial charge on any atom is 0.240 e. The van der Waals surface area contributed by atoms with E-state index in [4.69, 9.17) is 0 Å². The number of allylic oxidation sites excluding steroid dienone is 1. The van der Waals surface area contributed by atoms with Crippen molar-refractivity contribution in [2.75, 3.05) is 32.7 Å². The zero-order valence-corrected chi connectivity index (χ0v) is 12.1. The molecule has 2 aliphatic heterocycles. The summed E-state index contributed by atoms with van der Waals surface area (Å²) in [6, 6.07) is -0.333. The Morgan fingerprint density at radius 2 is 2.10 bits per heavy atom. The van der Waals surface area contributed by atoms with Crippen LogP contribution in [0.1, 0.15) is 32.1 Å². The van der Waals surface area contributed by atoms with E-state index in [-0.39, 0.29) is 17.9 Å². The standard InChI is InChI=1S/C15H25N3O2/c1-2-3-4-10-18-11-7-16-13(15(18)20)12-14(19)17-8-5-6-9-17/h2,13,16H,1,3-12H2. The van der Waals surface area contributed by atoms with Crippen molar-refractivity contribution >= 4 is 11.8 Å². The number of likely N-dealkylation sites (tertiary alicyclic amines) is 1. The number of carbonyl (C=O) groups excluding carboxylic acids is 2. The van der Waals surface area contributed by atoms with E-state index in [1.165, 1.54) is 0 Å². The van der Waals surface area contributed by atoms with E-state index in [9.17, 15) is 9.59 Å². The smallest absolute Gasteiger partial charge is 0.240 e. The third-order valence-corrected chi connectivity index (χ3v) is 4.06. The normalized spacial score (nSPS) is 23.2. The fraction of sp³-hybridized carbons (Fsp3) is 0.733. The Bertz CT molecular complexity index is 364. The second-order valence-electron chi connectivity index (χ2n) is 5.55. The first-order chi connectivity index (χ1) is 9.72. The largest absolute Gasteiger partial charge is 0.343 e. The molecule has 0 radical (unpaired) electrons. The number of carbonyl (C=O) groups is 2. The Kier molecular flexibility index (Phi) is 5.59. The molecular formula is C15H25N3O2. The number of amides is 2. The van der Waals surface area contributed by atoms with Gasteiger partial charge in [-0.25, -0.2) is 0 Å². The molecule has 5 heteroatoms. The van der Waals surface area contributed by atoms with E-state index in [0.29, 0.717) is 6.42 Å². The molecule has 1 unspecified atom stereocenters. The number of nitrogens with zero attached hydrogens (tertiary/aromatic N) is 2. The molecule has 0 spiro atoms. The molecule has 0 aliphatic carbocycles. The van der Waals surface area contributed by atoms with Gasteiger partial charge in [0.15, 0.2) is 0 Å². The molecule has 0 bridgehead atoms. The summed E-state index contributed by atoms with van der Waals surface area (Å²) in [5.74, 6) is 0.189. The highest BCUT2D eigenvalue weighted by Gasteiger charge is 2.31. The van der Waals surface area contributed by atoms with Gasteiger partial charge in [0, 0.05) is 32.7 Å². The zero-order chi connectivity index (χ0) is 14.4. The Hall–Kier alpha value is -1.36. The summed E-state index contributed by atoms with van der Waals surface area (Å²) in [6.45, 7) is 7.68. The lowest BCUT2D eigenvalue weighted by atomic mass is 10.1. The maximum atomic E-state index is 12.3. The van der Waals surface area contributed by atoms with Crippen molar-refractivity contribution in [3.63, 3.8) is 0 Å². The van der Waals surface area contributed by atoms with Gasteiger partial charge in [0.2, 0.25) is 11.8 Å². The van der Waals surface area contributed by atoms with Gasteiger partial charge in [-0.2, -0.15) is 0 Å². The van der Waals surface area contributed by atoms with Crippen LogP contribution in [-0.4, -0.2) is 60.4 Å². The molecule has 1 atom stereocenters. The first kappa shape index (κ1) is 15.0. The van der Waals surface area contributed by atoms with Crippen LogP contribution in [0.2, 0.25) is 0 Å². The Labute approximate surface area is 121 Å². The maximum absolute atomic E-state index is 12.3. The number of hydrogen-bond acceptors (Lipinski definition) is 3. The molecule has 20 heavy (non-hydrogen) atoms. The van der Waals surface area contributed by atoms with Gasteiger partial charge in [-0.15, -0.1) is 6.58 Å². The van der Waals surface area contributed by atoms with Crippen molar-refractivity contribution in [2.45, 2.75) is 38.1 Å². The van der Waals surface area contributed by atoms with Crippen LogP contribution in [0.4, 0.5) is 0 Å². The Morgan fingerprint density at radius 3 is 2.80 bits per heavy atom. The molecule has 2 amide bonds. The molecule has 0 aromatic rings. The average molecular weight is 279 g/mol. The first-order valence-corrected chi connectivity index (χ1v) is 7.63. The number of hydrogen-bond donors (Lipinski definition) is 1. The van der Waals surface area contributed by atoms with Gasteiger partial charge in [0.05, 0.1) is 12.5 Å². The average Bonchev–Trinajstić information content (AvgIpc) is 2.97. The third-order valence-electron chi connectivity index (χ3n) is 4.06. The quantitative estimate of drug-likeness (QED) is 0.577. The van der Waals surface area contributed by atoms with Crippen molar-refractivity contribution < 1.29 is 9.59 Å². The molecule has 2 heterocycles. The van der Waals surface area contributed by atoms with Gasteiger partial charge in [-0.3, -0.25) is 9.59 Å². The highest BCUT2D eigenvalue weighted by Crippen LogP contribution is 2.13. The minimum absolute atomic E-state index is 0.0767. The van der Waals surface area contributed by atoms with Gasteiger partial charge in [0.25, 0.3) is 0 Å². The predicted molar refractivity (Wildman–Crippen MR) is 78.2 cm³/mol. The summed E-state index contributed by atoms with van der Waals surface area (Å²) in [4.78, 5) is 28.2. The summed E-state index contributed by atoms with van der Waals surface area (Å²) in [5.41, 5.74) is 0. The van der Waals surface area contributed by atoms with Crippen LogP contribution in [0, 0.1) is 0 Å². The zero-order valence-electron chi connectivity index (χ0n) is 12.1. The van der Waals surface area contributed by atoms with E-state index in [0.717, 1.165) is 58.4 Å². The number of piperazine rings is 1. The number of unbranched alkanes of at least 4 members (excludes halogenated alkanes) is 1. The molecule has 0 saturated carbocycles. The Morgan fingerprint density at radius 1 is 1.35 bits per heavy atom. The predicted octanol–water partition coefficient (Wildman–Crippen LogP) is 0.766. The van der Waals surface area contributed by atoms with Crippen molar-refractivity contribution in [3.05, 3.63) is 12.7 Å². The third kappa shape index (κ3) is 3.82. The van der Waals surface area contributed by atoms with Crippen LogP contribution in [0.25, 0.3) is 0 Å². The molecule has 2 rings (SSSR count). The van der Waals surface area contributed by atoms with E-state index in [2.05, 4.69) is 11.9 Å². The van der Waals surface area contributed by atoms with E-state index >= 15 is 0 Å². The van der Waals surface area contributed by atoms with E-state index < -0.39 is 0 Å². The van der Waals surface area contributed by atoms with Gasteiger partial charge >= 0.3 is 0 Å². The highest BCUT2D eigenvalue weighted by molar-refractivity contribution is 5.89. The molecular weight excluding hydrogens is 254 g/mol. The lowest BCUT2D eigenvalue weighted by Gasteiger charge is -2.33. The molecule has 112 valence electrons. The van der Waals surface area contributed by atoms with Crippen molar-refractivity contribution in [1.82, 2.24) is 15.1 Å². The summed E-state index contributed by atoms with van der Waals surface area (Å²) in [5, 5.41) is 3.18. The number of rotatable bonds is 6. The van der Waals surface area contributed by atoms with Gasteiger partial charge < -0.3 is 15.1 Å². The minimum Gasteiger partial charge on any atom is -0.343 e. The van der Waals surface area contributed by atoms with Crippen LogP contribution in [0.5, 0.6) is 0 Å². The Balaban J connectivity index is 1.82. The molecule has 2 aliphatic rings. The van der Waals surface area contributed by atoms with Gasteiger partial charge in [-0.05, 0) is 25.7 Å². The van der Waals surface area contributed by atoms with Crippen LogP contribution in [0.3, 0.4) is 0 Å². The van der Waals surface area contributed by atoms with Crippen LogP contribution < -0.4 is 5.32 Å². The summed E-state index contributed by atoms with van der Waals surface area (Å²) >= 11 is 0. The fourth-order valence-corrected chi connectivity index (χ4v) is 2.87. The molecule has 2 saturated heterocycles. The second kappa shape index (κ2) is 7.43. The lowest BCUT2D eigenvalue weighted by molar-refractivity contribution is -0.140. The van der Waals surface area contributed by atoms with Crippen molar-refractivity contribution in [2.24, 2.45) is 0 Å². The van der Waals surface area contributed by atoms with Crippen molar-refractivity contribution in [3.8, 4) is 0 Å². The highest BCUT2D eigenvalue weighted by atomic mass is 16.2. The topological polar surface area (TPSA) is 52.7 Å². The first-order valence-electron chi connectivity index (χ1n) is 7.63. The number of nitrogens with one attached hydrogen (secondary N) is 1. The molecule has 0 aromatic carbocycles. The van der Waals surface area contributed by atoms with Crippen LogP contribution >= 0.6 is 0 Å². The summed E-state index contributed by atoms with van der Waals surface area (Å²) < 4.78 is 0. The SMILES string of the molecule is C=CCCCN1CCNC(CC(=O)N2CCCC2)C1=O. The second-order valence-corrected chi connectivity index (χ2v) is 5.55. The van der Waals surface area contributed by atoms with Crippen LogP contribution in [-0.2, 0) is 9.59 Å². The van der Waals surface area contributed by atoms with E-state index in [1.807, 2.05) is 15.9 Å². The lowest BCUT2D eigenvalue weighted by Crippen LogP contribution is -2.56. The van der Waals surface area contributed by atoms with Gasteiger partial charge in [-0.1, -0.05) is 6.08 Å². The minimum atomic E-state index is -0.333. The van der Waals surface area contributed by atoms with Gasteiger partial charge in [0.1, 0.15) is 0 Å². The van der Waals surface area contributed by atoms with Crippen molar-refractivity contribution in [1.29, 1.82) is 0 Å². The molecule has 0 aromatic heterocycles. The van der Waals surface area contributed by atoms with E-state index in [1.54, 1.807) is 0 Å². The van der Waals surface area contributed by atoms with Crippen LogP contribution in [0.15, 0.2) is 12.7 Å². The molecule has 1 N–H and O–H groups in total.